The van der Waals surface area contributed by atoms with Crippen molar-refractivity contribution in [3.05, 3.63) is 49.9 Å². The molecule has 88 valence electrons. The standard InChI is InChI=1S/C14H22OSi/c1-7-14(8-2)13(5,6)11-12-16(9-3,10-4)15-14/h7-10H,1-4,11-12H2,5-6H3. The van der Waals surface area contributed by atoms with Gasteiger partial charge in [0.05, 0.1) is 5.60 Å². The number of hydrogen-bond acceptors (Lipinski definition) is 1. The number of hydrogen-bond donors (Lipinski definition) is 0. The molecular weight excluding hydrogens is 212 g/mol. The fourth-order valence-corrected chi connectivity index (χ4v) is 5.23. The van der Waals surface area contributed by atoms with Crippen LogP contribution in [0.5, 0.6) is 0 Å². The van der Waals surface area contributed by atoms with Gasteiger partial charge in [0.15, 0.2) is 0 Å². The first-order chi connectivity index (χ1) is 7.41. The lowest BCUT2D eigenvalue weighted by Crippen LogP contribution is -2.56. The predicted molar refractivity (Wildman–Crippen MR) is 73.6 cm³/mol. The minimum Gasteiger partial charge on any atom is -0.396 e. The Morgan fingerprint density at radius 1 is 1.06 bits per heavy atom. The summed E-state index contributed by atoms with van der Waals surface area (Å²) < 4.78 is 6.34. The second-order valence-electron chi connectivity index (χ2n) is 5.05. The van der Waals surface area contributed by atoms with Gasteiger partial charge in [-0.05, 0) is 17.9 Å². The summed E-state index contributed by atoms with van der Waals surface area (Å²) in [5.74, 6) is 0. The van der Waals surface area contributed by atoms with E-state index in [1.807, 2.05) is 23.6 Å². The first kappa shape index (κ1) is 13.2. The Balaban J connectivity index is 3.21. The molecule has 0 aliphatic carbocycles. The largest absolute Gasteiger partial charge is 0.396 e. The predicted octanol–water partition coefficient (Wildman–Crippen LogP) is 3.94. The Labute approximate surface area is 100 Å². The van der Waals surface area contributed by atoms with E-state index in [9.17, 15) is 0 Å². The molecule has 0 radical (unpaired) electrons. The molecule has 0 amide bonds. The highest BCUT2D eigenvalue weighted by molar-refractivity contribution is 6.83. The highest BCUT2D eigenvalue weighted by atomic mass is 28.4. The summed E-state index contributed by atoms with van der Waals surface area (Å²) in [4.78, 5) is 0. The molecule has 2 heteroatoms. The first-order valence-corrected chi connectivity index (χ1v) is 7.92. The summed E-state index contributed by atoms with van der Waals surface area (Å²) in [7, 11) is -2.01. The maximum absolute atomic E-state index is 6.34. The molecule has 1 saturated heterocycles. The van der Waals surface area contributed by atoms with Gasteiger partial charge >= 0.3 is 0 Å². The van der Waals surface area contributed by atoms with Gasteiger partial charge in [0.1, 0.15) is 0 Å². The smallest absolute Gasteiger partial charge is 0.242 e. The fourth-order valence-electron chi connectivity index (χ4n) is 2.30. The Morgan fingerprint density at radius 2 is 1.56 bits per heavy atom. The molecule has 0 saturated carbocycles. The third-order valence-electron chi connectivity index (χ3n) is 3.85. The minimum absolute atomic E-state index is 0.0268. The van der Waals surface area contributed by atoms with Crippen molar-refractivity contribution in [3.8, 4) is 0 Å². The second-order valence-corrected chi connectivity index (χ2v) is 8.48. The van der Waals surface area contributed by atoms with Crippen molar-refractivity contribution in [2.45, 2.75) is 31.9 Å². The van der Waals surface area contributed by atoms with E-state index >= 15 is 0 Å². The Morgan fingerprint density at radius 3 is 1.94 bits per heavy atom. The van der Waals surface area contributed by atoms with E-state index in [0.29, 0.717) is 0 Å². The Hall–Kier alpha value is -0.863. The third kappa shape index (κ3) is 1.76. The van der Waals surface area contributed by atoms with Crippen molar-refractivity contribution in [2.75, 3.05) is 0 Å². The van der Waals surface area contributed by atoms with Crippen molar-refractivity contribution in [2.24, 2.45) is 5.41 Å². The van der Waals surface area contributed by atoms with Crippen LogP contribution >= 0.6 is 0 Å². The molecule has 1 aliphatic rings. The first-order valence-electron chi connectivity index (χ1n) is 5.65. The molecule has 0 spiro atoms. The van der Waals surface area contributed by atoms with Gasteiger partial charge in [0.2, 0.25) is 8.32 Å². The van der Waals surface area contributed by atoms with Crippen molar-refractivity contribution < 1.29 is 4.43 Å². The minimum atomic E-state index is -2.01. The van der Waals surface area contributed by atoms with Crippen molar-refractivity contribution in [3.63, 3.8) is 0 Å². The monoisotopic (exact) mass is 234 g/mol. The summed E-state index contributed by atoms with van der Waals surface area (Å²) in [5.41, 5.74) is 3.48. The van der Waals surface area contributed by atoms with Crippen LogP contribution in [0.25, 0.3) is 0 Å². The van der Waals surface area contributed by atoms with E-state index in [2.05, 4.69) is 40.2 Å². The molecule has 16 heavy (non-hydrogen) atoms. The van der Waals surface area contributed by atoms with Crippen LogP contribution in [0.15, 0.2) is 49.9 Å². The molecule has 0 aromatic rings. The molecule has 1 rings (SSSR count). The topological polar surface area (TPSA) is 9.23 Å². The molecule has 1 heterocycles. The fraction of sp³-hybridized carbons (Fsp3) is 0.429. The zero-order valence-electron chi connectivity index (χ0n) is 10.5. The summed E-state index contributed by atoms with van der Waals surface area (Å²) in [6.45, 7) is 20.0. The third-order valence-corrected chi connectivity index (χ3v) is 6.99. The molecule has 0 aromatic carbocycles. The summed E-state index contributed by atoms with van der Waals surface area (Å²) in [6.07, 6.45) is 4.82. The van der Waals surface area contributed by atoms with Gasteiger partial charge in [-0.3, -0.25) is 0 Å². The zero-order chi connectivity index (χ0) is 12.4. The number of rotatable bonds is 4. The molecule has 1 fully saturated rings. The molecule has 0 aromatic heterocycles. The molecule has 1 nitrogen and oxygen atoms in total. The van der Waals surface area contributed by atoms with Gasteiger partial charge in [0, 0.05) is 0 Å². The summed E-state index contributed by atoms with van der Waals surface area (Å²) in [6, 6.07) is 1.04. The van der Waals surface area contributed by atoms with E-state index in [0.717, 1.165) is 12.5 Å². The normalized spacial score (nSPS) is 25.4. The van der Waals surface area contributed by atoms with Crippen LogP contribution in [0.1, 0.15) is 20.3 Å². The molecule has 0 bridgehead atoms. The second kappa shape index (κ2) is 4.19. The van der Waals surface area contributed by atoms with Gasteiger partial charge in [-0.1, -0.05) is 50.6 Å². The van der Waals surface area contributed by atoms with E-state index in [4.69, 9.17) is 4.43 Å². The van der Waals surface area contributed by atoms with Crippen LogP contribution in [-0.2, 0) is 4.43 Å². The van der Waals surface area contributed by atoms with Gasteiger partial charge in [-0.25, -0.2) is 0 Å². The summed E-state index contributed by atoms with van der Waals surface area (Å²) >= 11 is 0. The van der Waals surface area contributed by atoms with E-state index in [1.54, 1.807) is 0 Å². The lowest BCUT2D eigenvalue weighted by molar-refractivity contribution is 0.0143. The lowest BCUT2D eigenvalue weighted by atomic mass is 9.73. The van der Waals surface area contributed by atoms with Gasteiger partial charge < -0.3 is 4.43 Å². The van der Waals surface area contributed by atoms with Crippen molar-refractivity contribution in [1.29, 1.82) is 0 Å². The average molecular weight is 234 g/mol. The molecule has 0 N–H and O–H groups in total. The average Bonchev–Trinajstić information content (AvgIpc) is 2.30. The zero-order valence-corrected chi connectivity index (χ0v) is 11.5. The van der Waals surface area contributed by atoms with Gasteiger partial charge in [-0.2, -0.15) is 0 Å². The molecule has 1 aliphatic heterocycles. The highest BCUT2D eigenvalue weighted by Gasteiger charge is 2.51. The quantitative estimate of drug-likeness (QED) is 0.529. The lowest BCUT2D eigenvalue weighted by Gasteiger charge is -2.52. The molecule has 0 atom stereocenters. The van der Waals surface area contributed by atoms with E-state index in [1.165, 1.54) is 0 Å². The maximum Gasteiger partial charge on any atom is 0.242 e. The van der Waals surface area contributed by atoms with Crippen LogP contribution < -0.4 is 0 Å². The maximum atomic E-state index is 6.34. The van der Waals surface area contributed by atoms with Crippen LogP contribution in [0.2, 0.25) is 6.04 Å². The van der Waals surface area contributed by atoms with Crippen LogP contribution in [0.3, 0.4) is 0 Å². The molecular formula is C14H22OSi. The van der Waals surface area contributed by atoms with Gasteiger partial charge in [0.25, 0.3) is 0 Å². The van der Waals surface area contributed by atoms with Crippen molar-refractivity contribution in [1.82, 2.24) is 0 Å². The van der Waals surface area contributed by atoms with E-state index < -0.39 is 13.9 Å². The van der Waals surface area contributed by atoms with Gasteiger partial charge in [-0.15, -0.1) is 13.2 Å². The molecule has 0 unspecified atom stereocenters. The SMILES string of the molecule is C=CC1(C=C)O[Si](C=C)(C=C)CCC1(C)C. The Kier molecular flexibility index (Phi) is 3.46. The van der Waals surface area contributed by atoms with E-state index in [-0.39, 0.29) is 5.41 Å². The Bertz CT molecular complexity index is 312. The highest BCUT2D eigenvalue weighted by Crippen LogP contribution is 2.48. The van der Waals surface area contributed by atoms with Crippen LogP contribution in [0.4, 0.5) is 0 Å². The van der Waals surface area contributed by atoms with Crippen molar-refractivity contribution >= 4 is 8.32 Å². The van der Waals surface area contributed by atoms with Crippen LogP contribution in [0, 0.1) is 5.41 Å². The summed E-state index contributed by atoms with van der Waals surface area (Å²) in [5, 5.41) is 0. The van der Waals surface area contributed by atoms with Crippen LogP contribution in [-0.4, -0.2) is 13.9 Å².